The van der Waals surface area contributed by atoms with E-state index < -0.39 is 5.97 Å². The van der Waals surface area contributed by atoms with Crippen LogP contribution in [-0.4, -0.2) is 17.0 Å². The smallest absolute Gasteiger partial charge is 0.345 e. The first-order valence-electron chi connectivity index (χ1n) is 6.40. The van der Waals surface area contributed by atoms with Crippen molar-refractivity contribution in [1.82, 2.24) is 0 Å². The van der Waals surface area contributed by atoms with E-state index in [0.717, 1.165) is 21.8 Å². The lowest BCUT2D eigenvalue weighted by atomic mass is 10.2. The molecule has 0 aliphatic rings. The molecule has 2 aromatic rings. The number of amides is 1. The summed E-state index contributed by atoms with van der Waals surface area (Å²) in [5.41, 5.74) is 2.55. The molecular formula is C15H16N2O3S. The Bertz CT molecular complexity index is 679. The number of carbonyl (C=O) groups excluding carboxylic acids is 1. The summed E-state index contributed by atoms with van der Waals surface area (Å²) in [7, 11) is 0. The van der Waals surface area contributed by atoms with E-state index in [0.29, 0.717) is 11.4 Å². The number of hydrogen-bond donors (Lipinski definition) is 3. The number of thiophene rings is 1. The third-order valence-corrected chi connectivity index (χ3v) is 3.98. The maximum atomic E-state index is 11.0. The van der Waals surface area contributed by atoms with Crippen LogP contribution >= 0.6 is 11.3 Å². The van der Waals surface area contributed by atoms with Gasteiger partial charge in [0.05, 0.1) is 0 Å². The number of rotatable bonds is 5. The van der Waals surface area contributed by atoms with Gasteiger partial charge in [0.2, 0.25) is 5.91 Å². The molecule has 1 aromatic carbocycles. The maximum absolute atomic E-state index is 11.0. The van der Waals surface area contributed by atoms with Crippen molar-refractivity contribution in [2.75, 3.05) is 10.6 Å². The number of nitrogens with one attached hydrogen (secondary N) is 2. The van der Waals surface area contributed by atoms with Crippen molar-refractivity contribution in [1.29, 1.82) is 0 Å². The Kier molecular flexibility index (Phi) is 4.59. The first-order chi connectivity index (χ1) is 9.95. The molecule has 6 heteroatoms. The quantitative estimate of drug-likeness (QED) is 0.791. The number of carboxylic acid groups (broad SMARTS) is 1. The van der Waals surface area contributed by atoms with Gasteiger partial charge in [-0.15, -0.1) is 11.3 Å². The third-order valence-electron chi connectivity index (χ3n) is 2.90. The van der Waals surface area contributed by atoms with Crippen LogP contribution in [0.2, 0.25) is 0 Å². The summed E-state index contributed by atoms with van der Waals surface area (Å²) >= 11 is 1.27. The van der Waals surface area contributed by atoms with E-state index in [9.17, 15) is 9.59 Å². The zero-order valence-electron chi connectivity index (χ0n) is 11.8. The Morgan fingerprint density at radius 3 is 2.57 bits per heavy atom. The fourth-order valence-corrected chi connectivity index (χ4v) is 2.79. The molecule has 1 amide bonds. The summed E-state index contributed by atoms with van der Waals surface area (Å²) in [4.78, 5) is 23.3. The van der Waals surface area contributed by atoms with Gasteiger partial charge in [-0.05, 0) is 36.8 Å². The number of carboxylic acids is 1. The monoisotopic (exact) mass is 304 g/mol. The Morgan fingerprint density at radius 1 is 1.24 bits per heavy atom. The van der Waals surface area contributed by atoms with Crippen molar-refractivity contribution >= 4 is 34.6 Å². The molecule has 2 rings (SSSR count). The van der Waals surface area contributed by atoms with Crippen LogP contribution in [0.25, 0.3) is 0 Å². The molecule has 0 saturated heterocycles. The van der Waals surface area contributed by atoms with Gasteiger partial charge in [0.1, 0.15) is 4.88 Å². The molecule has 0 atom stereocenters. The molecule has 0 unspecified atom stereocenters. The van der Waals surface area contributed by atoms with Crippen LogP contribution in [-0.2, 0) is 11.3 Å². The zero-order valence-corrected chi connectivity index (χ0v) is 12.6. The van der Waals surface area contributed by atoms with E-state index in [4.69, 9.17) is 5.11 Å². The van der Waals surface area contributed by atoms with E-state index in [1.54, 1.807) is 6.07 Å². The van der Waals surface area contributed by atoms with Crippen molar-refractivity contribution in [2.45, 2.75) is 20.4 Å². The van der Waals surface area contributed by atoms with Crippen LogP contribution in [0, 0.1) is 6.92 Å². The minimum atomic E-state index is -0.901. The summed E-state index contributed by atoms with van der Waals surface area (Å²) in [5.74, 6) is -1.02. The van der Waals surface area contributed by atoms with Gasteiger partial charge < -0.3 is 15.7 Å². The van der Waals surface area contributed by atoms with Gasteiger partial charge in [-0.3, -0.25) is 4.79 Å². The summed E-state index contributed by atoms with van der Waals surface area (Å²) in [6.45, 7) is 3.91. The molecule has 0 aliphatic heterocycles. The molecule has 110 valence electrons. The maximum Gasteiger partial charge on any atom is 0.345 e. The first kappa shape index (κ1) is 15.1. The lowest BCUT2D eigenvalue weighted by molar-refractivity contribution is -0.114. The van der Waals surface area contributed by atoms with E-state index in [2.05, 4.69) is 10.6 Å². The molecule has 1 aromatic heterocycles. The average Bonchev–Trinajstić information content (AvgIpc) is 2.78. The Balaban J connectivity index is 2.06. The summed E-state index contributed by atoms with van der Waals surface area (Å²) in [6.07, 6.45) is 0. The summed E-state index contributed by atoms with van der Waals surface area (Å²) in [6, 6.07) is 9.07. The molecule has 5 nitrogen and oxygen atoms in total. The molecule has 0 fully saturated rings. The van der Waals surface area contributed by atoms with Gasteiger partial charge in [-0.1, -0.05) is 6.07 Å². The molecule has 0 radical (unpaired) electrons. The number of aryl methyl sites for hydroxylation is 1. The minimum absolute atomic E-state index is 0.119. The Labute approximate surface area is 126 Å². The highest BCUT2D eigenvalue weighted by Crippen LogP contribution is 2.23. The standard InChI is InChI=1S/C15H16N2O3S/c1-9-11(6-14(21-9)15(19)20)8-16-12-4-3-5-13(7-12)17-10(2)18/h3-7,16H,8H2,1-2H3,(H,17,18)(H,19,20). The van der Waals surface area contributed by atoms with E-state index >= 15 is 0 Å². The Hall–Kier alpha value is -2.34. The van der Waals surface area contributed by atoms with Crippen LogP contribution in [0.15, 0.2) is 30.3 Å². The van der Waals surface area contributed by atoms with Crippen molar-refractivity contribution in [3.8, 4) is 0 Å². The summed E-state index contributed by atoms with van der Waals surface area (Å²) in [5, 5.41) is 14.9. The second-order valence-electron chi connectivity index (χ2n) is 4.61. The second-order valence-corrected chi connectivity index (χ2v) is 5.87. The third kappa shape index (κ3) is 4.06. The lowest BCUT2D eigenvalue weighted by Gasteiger charge is -2.08. The predicted molar refractivity (Wildman–Crippen MR) is 84.1 cm³/mol. The molecule has 0 spiro atoms. The van der Waals surface area contributed by atoms with Crippen molar-refractivity contribution in [3.63, 3.8) is 0 Å². The van der Waals surface area contributed by atoms with Crippen LogP contribution in [0.4, 0.5) is 11.4 Å². The van der Waals surface area contributed by atoms with Crippen molar-refractivity contribution in [2.24, 2.45) is 0 Å². The molecule has 0 saturated carbocycles. The molecule has 1 heterocycles. The summed E-state index contributed by atoms with van der Waals surface area (Å²) < 4.78 is 0. The van der Waals surface area contributed by atoms with Gasteiger partial charge in [0, 0.05) is 29.7 Å². The van der Waals surface area contributed by atoms with Crippen molar-refractivity contribution in [3.05, 3.63) is 45.6 Å². The van der Waals surface area contributed by atoms with Crippen molar-refractivity contribution < 1.29 is 14.7 Å². The van der Waals surface area contributed by atoms with Gasteiger partial charge in [-0.2, -0.15) is 0 Å². The highest BCUT2D eigenvalue weighted by atomic mass is 32.1. The normalized spacial score (nSPS) is 10.2. The fourth-order valence-electron chi connectivity index (χ4n) is 1.91. The average molecular weight is 304 g/mol. The van der Waals surface area contributed by atoms with Crippen LogP contribution in [0.1, 0.15) is 27.0 Å². The van der Waals surface area contributed by atoms with Gasteiger partial charge in [0.25, 0.3) is 0 Å². The molecule has 21 heavy (non-hydrogen) atoms. The fraction of sp³-hybridized carbons (Fsp3) is 0.200. The molecule has 3 N–H and O–H groups in total. The topological polar surface area (TPSA) is 78.4 Å². The molecule has 0 aliphatic carbocycles. The van der Waals surface area contributed by atoms with Crippen LogP contribution < -0.4 is 10.6 Å². The SMILES string of the molecule is CC(=O)Nc1cccc(NCc2cc(C(=O)O)sc2C)c1. The van der Waals surface area contributed by atoms with Gasteiger partial charge in [0.15, 0.2) is 0 Å². The highest BCUT2D eigenvalue weighted by molar-refractivity contribution is 7.14. The van der Waals surface area contributed by atoms with Gasteiger partial charge in [-0.25, -0.2) is 4.79 Å². The predicted octanol–water partition coefficient (Wildman–Crippen LogP) is 3.33. The molecular weight excluding hydrogens is 288 g/mol. The largest absolute Gasteiger partial charge is 0.477 e. The number of carbonyl (C=O) groups is 2. The second kappa shape index (κ2) is 6.41. The van der Waals surface area contributed by atoms with E-state index in [1.807, 2.05) is 31.2 Å². The van der Waals surface area contributed by atoms with Crippen LogP contribution in [0.5, 0.6) is 0 Å². The van der Waals surface area contributed by atoms with E-state index in [1.165, 1.54) is 18.3 Å². The number of aromatic carboxylic acids is 1. The van der Waals surface area contributed by atoms with Gasteiger partial charge >= 0.3 is 5.97 Å². The van der Waals surface area contributed by atoms with Crippen LogP contribution in [0.3, 0.4) is 0 Å². The first-order valence-corrected chi connectivity index (χ1v) is 7.21. The minimum Gasteiger partial charge on any atom is -0.477 e. The number of hydrogen-bond acceptors (Lipinski definition) is 4. The Morgan fingerprint density at radius 2 is 1.95 bits per heavy atom. The lowest BCUT2D eigenvalue weighted by Crippen LogP contribution is -2.06. The zero-order chi connectivity index (χ0) is 15.4. The molecule has 0 bridgehead atoms. The number of anilines is 2. The highest BCUT2D eigenvalue weighted by Gasteiger charge is 2.10. The number of benzene rings is 1. The van der Waals surface area contributed by atoms with E-state index in [-0.39, 0.29) is 5.91 Å².